The summed E-state index contributed by atoms with van der Waals surface area (Å²) in [6.45, 7) is 5.49. The lowest BCUT2D eigenvalue weighted by atomic mass is 9.98. The van der Waals surface area contributed by atoms with Crippen LogP contribution in [-0.2, 0) is 14.3 Å². The fourth-order valence-electron chi connectivity index (χ4n) is 2.02. The van der Waals surface area contributed by atoms with Gasteiger partial charge in [-0.3, -0.25) is 4.79 Å². The van der Waals surface area contributed by atoms with Gasteiger partial charge in [-0.2, -0.15) is 11.8 Å². The lowest BCUT2D eigenvalue weighted by Gasteiger charge is -2.22. The van der Waals surface area contributed by atoms with E-state index in [1.807, 2.05) is 25.6 Å². The van der Waals surface area contributed by atoms with Gasteiger partial charge < -0.3 is 14.8 Å². The van der Waals surface area contributed by atoms with E-state index in [-0.39, 0.29) is 12.2 Å². The average Bonchev–Trinajstić information content (AvgIpc) is 2.38. The first-order valence-electron chi connectivity index (χ1n) is 6.83. The first-order valence-corrected chi connectivity index (χ1v) is 7.99. The van der Waals surface area contributed by atoms with E-state index in [4.69, 9.17) is 9.47 Å². The Labute approximate surface area is 114 Å². The van der Waals surface area contributed by atoms with Gasteiger partial charge in [0.05, 0.1) is 6.54 Å². The maximum absolute atomic E-state index is 11.8. The number of nitrogens with one attached hydrogen (secondary N) is 1. The van der Waals surface area contributed by atoms with Crippen molar-refractivity contribution in [3.63, 3.8) is 0 Å². The molecule has 0 aromatic rings. The molecule has 1 aliphatic rings. The van der Waals surface area contributed by atoms with Gasteiger partial charge in [0.15, 0.2) is 6.29 Å². The van der Waals surface area contributed by atoms with Crippen LogP contribution in [0, 0.1) is 5.92 Å². The van der Waals surface area contributed by atoms with Crippen LogP contribution < -0.4 is 5.32 Å². The third-order valence-electron chi connectivity index (χ3n) is 2.99. The molecular formula is C13H25NO3S. The van der Waals surface area contributed by atoms with Gasteiger partial charge in [0.25, 0.3) is 0 Å². The normalized spacial score (nSPS) is 17.1. The standard InChI is InChI=1S/C13H25NO3S/c1-3-16-13(17-4-2)10-14-12(15)9-11-5-7-18-8-6-11/h11,13H,3-10H2,1-2H3,(H,14,15). The number of carbonyl (C=O) groups is 1. The van der Waals surface area contributed by atoms with Crippen LogP contribution in [0.1, 0.15) is 33.1 Å². The highest BCUT2D eigenvalue weighted by molar-refractivity contribution is 7.99. The molecule has 0 aliphatic carbocycles. The van der Waals surface area contributed by atoms with Crippen molar-refractivity contribution in [2.75, 3.05) is 31.3 Å². The SMILES string of the molecule is CCOC(CNC(=O)CC1CCSCC1)OCC. The molecule has 1 aliphatic heterocycles. The molecule has 5 heteroatoms. The molecule has 1 heterocycles. The highest BCUT2D eigenvalue weighted by atomic mass is 32.2. The number of hydrogen-bond acceptors (Lipinski definition) is 4. The molecule has 0 atom stereocenters. The summed E-state index contributed by atoms with van der Waals surface area (Å²) < 4.78 is 10.8. The Bertz CT molecular complexity index is 226. The predicted molar refractivity (Wildman–Crippen MR) is 74.7 cm³/mol. The number of amides is 1. The Hall–Kier alpha value is -0.260. The van der Waals surface area contributed by atoms with Crippen molar-refractivity contribution in [2.45, 2.75) is 39.4 Å². The number of ether oxygens (including phenoxy) is 2. The van der Waals surface area contributed by atoms with Gasteiger partial charge in [-0.05, 0) is 44.1 Å². The number of hydrogen-bond donors (Lipinski definition) is 1. The molecule has 1 amide bonds. The smallest absolute Gasteiger partial charge is 0.220 e. The molecule has 0 radical (unpaired) electrons. The van der Waals surface area contributed by atoms with Crippen LogP contribution in [-0.4, -0.2) is 43.5 Å². The quantitative estimate of drug-likeness (QED) is 0.689. The summed E-state index contributed by atoms with van der Waals surface area (Å²) in [5.41, 5.74) is 0. The minimum absolute atomic E-state index is 0.122. The maximum atomic E-state index is 11.8. The molecule has 4 nitrogen and oxygen atoms in total. The van der Waals surface area contributed by atoms with Crippen molar-refractivity contribution in [2.24, 2.45) is 5.92 Å². The summed E-state index contributed by atoms with van der Waals surface area (Å²) in [6, 6.07) is 0. The topological polar surface area (TPSA) is 47.6 Å². The first-order chi connectivity index (χ1) is 8.76. The van der Waals surface area contributed by atoms with Crippen molar-refractivity contribution < 1.29 is 14.3 Å². The van der Waals surface area contributed by atoms with Gasteiger partial charge in [-0.1, -0.05) is 0 Å². The Morgan fingerprint density at radius 2 is 1.89 bits per heavy atom. The molecule has 106 valence electrons. The first kappa shape index (κ1) is 15.8. The van der Waals surface area contributed by atoms with Crippen molar-refractivity contribution in [3.8, 4) is 0 Å². The van der Waals surface area contributed by atoms with E-state index in [2.05, 4.69) is 5.32 Å². The van der Waals surface area contributed by atoms with Crippen molar-refractivity contribution in [1.82, 2.24) is 5.32 Å². The van der Waals surface area contributed by atoms with E-state index >= 15 is 0 Å². The number of rotatable bonds is 8. The molecule has 0 spiro atoms. The summed E-state index contributed by atoms with van der Waals surface area (Å²) in [6.07, 6.45) is 2.66. The molecule has 1 saturated heterocycles. The Morgan fingerprint density at radius 3 is 2.44 bits per heavy atom. The van der Waals surface area contributed by atoms with Crippen molar-refractivity contribution in [1.29, 1.82) is 0 Å². The van der Waals surface area contributed by atoms with E-state index in [0.717, 1.165) is 0 Å². The van der Waals surface area contributed by atoms with Gasteiger partial charge in [0.1, 0.15) is 0 Å². The molecule has 18 heavy (non-hydrogen) atoms. The minimum Gasteiger partial charge on any atom is -0.351 e. The second-order valence-corrected chi connectivity index (χ2v) is 5.63. The van der Waals surface area contributed by atoms with E-state index < -0.39 is 0 Å². The Kier molecular flexibility index (Phi) is 8.46. The third kappa shape index (κ3) is 6.61. The number of thioether (sulfide) groups is 1. The second kappa shape index (κ2) is 9.64. The summed E-state index contributed by atoms with van der Waals surface area (Å²) in [5, 5.41) is 2.90. The van der Waals surface area contributed by atoms with E-state index in [0.29, 0.717) is 32.1 Å². The van der Waals surface area contributed by atoms with Crippen LogP contribution >= 0.6 is 11.8 Å². The zero-order chi connectivity index (χ0) is 13.2. The minimum atomic E-state index is -0.314. The van der Waals surface area contributed by atoms with Gasteiger partial charge in [0, 0.05) is 19.6 Å². The van der Waals surface area contributed by atoms with E-state index in [1.54, 1.807) is 0 Å². The Morgan fingerprint density at radius 1 is 1.28 bits per heavy atom. The summed E-state index contributed by atoms with van der Waals surface area (Å²) in [5.74, 6) is 3.07. The van der Waals surface area contributed by atoms with E-state index in [1.165, 1.54) is 24.3 Å². The van der Waals surface area contributed by atoms with Crippen LogP contribution in [0.2, 0.25) is 0 Å². The number of carbonyl (C=O) groups excluding carboxylic acids is 1. The monoisotopic (exact) mass is 275 g/mol. The molecular weight excluding hydrogens is 250 g/mol. The fraction of sp³-hybridized carbons (Fsp3) is 0.923. The van der Waals surface area contributed by atoms with Crippen LogP contribution in [0.3, 0.4) is 0 Å². The van der Waals surface area contributed by atoms with E-state index in [9.17, 15) is 4.79 Å². The lowest BCUT2D eigenvalue weighted by molar-refractivity contribution is -0.140. The summed E-state index contributed by atoms with van der Waals surface area (Å²) >= 11 is 1.99. The van der Waals surface area contributed by atoms with Crippen LogP contribution in [0.25, 0.3) is 0 Å². The van der Waals surface area contributed by atoms with Crippen molar-refractivity contribution in [3.05, 3.63) is 0 Å². The zero-order valence-corrected chi connectivity index (χ0v) is 12.3. The lowest BCUT2D eigenvalue weighted by Crippen LogP contribution is -2.36. The molecule has 0 unspecified atom stereocenters. The zero-order valence-electron chi connectivity index (χ0n) is 11.4. The van der Waals surface area contributed by atoms with Gasteiger partial charge in [0.2, 0.25) is 5.91 Å². The predicted octanol–water partition coefficient (Wildman–Crippen LogP) is 2.03. The second-order valence-electron chi connectivity index (χ2n) is 4.40. The summed E-state index contributed by atoms with van der Waals surface area (Å²) in [4.78, 5) is 11.8. The van der Waals surface area contributed by atoms with Crippen LogP contribution in [0.15, 0.2) is 0 Å². The van der Waals surface area contributed by atoms with Crippen LogP contribution in [0.4, 0.5) is 0 Å². The van der Waals surface area contributed by atoms with Gasteiger partial charge in [-0.25, -0.2) is 0 Å². The summed E-state index contributed by atoms with van der Waals surface area (Å²) in [7, 11) is 0. The Balaban J connectivity index is 2.17. The van der Waals surface area contributed by atoms with Crippen molar-refractivity contribution >= 4 is 17.7 Å². The molecule has 1 fully saturated rings. The van der Waals surface area contributed by atoms with Gasteiger partial charge in [-0.15, -0.1) is 0 Å². The molecule has 0 saturated carbocycles. The molecule has 0 bridgehead atoms. The third-order valence-corrected chi connectivity index (χ3v) is 4.03. The van der Waals surface area contributed by atoms with Crippen LogP contribution in [0.5, 0.6) is 0 Å². The highest BCUT2D eigenvalue weighted by Gasteiger charge is 2.18. The highest BCUT2D eigenvalue weighted by Crippen LogP contribution is 2.24. The molecule has 0 aromatic carbocycles. The average molecular weight is 275 g/mol. The molecule has 1 rings (SSSR count). The molecule has 1 N–H and O–H groups in total. The fourth-order valence-corrected chi connectivity index (χ4v) is 3.22. The maximum Gasteiger partial charge on any atom is 0.220 e. The van der Waals surface area contributed by atoms with Gasteiger partial charge >= 0.3 is 0 Å². The molecule has 0 aromatic heterocycles. The largest absolute Gasteiger partial charge is 0.351 e.